The van der Waals surface area contributed by atoms with Crippen molar-refractivity contribution in [1.82, 2.24) is 0 Å². The summed E-state index contributed by atoms with van der Waals surface area (Å²) >= 11 is 1.91. The van der Waals surface area contributed by atoms with Gasteiger partial charge in [-0.2, -0.15) is 17.0 Å². The Bertz CT molecular complexity index is 493. The number of nitro benzene ring substituents is 1. The minimum atomic E-state index is -0.444. The third-order valence-corrected chi connectivity index (χ3v) is 3.95. The molecule has 0 unspecified atom stereocenters. The van der Waals surface area contributed by atoms with E-state index in [0.29, 0.717) is 11.3 Å². The Hall–Kier alpha value is -1.74. The van der Waals surface area contributed by atoms with Crippen molar-refractivity contribution < 1.29 is 4.92 Å². The molecule has 1 aromatic carbocycles. The van der Waals surface area contributed by atoms with Gasteiger partial charge in [0, 0.05) is 12.1 Å². The fraction of sp³-hybridized carbons (Fsp3) is 0.417. The van der Waals surface area contributed by atoms with Crippen molar-refractivity contribution in [2.45, 2.75) is 18.9 Å². The van der Waals surface area contributed by atoms with Gasteiger partial charge in [-0.05, 0) is 36.5 Å². The molecule has 1 aliphatic rings. The average molecular weight is 263 g/mol. The van der Waals surface area contributed by atoms with E-state index < -0.39 is 4.92 Å². The molecule has 1 heterocycles. The largest absolute Gasteiger partial charge is 0.377 e. The van der Waals surface area contributed by atoms with Crippen LogP contribution in [0.15, 0.2) is 18.2 Å². The molecule has 1 N–H and O–H groups in total. The van der Waals surface area contributed by atoms with Crippen LogP contribution in [0.4, 0.5) is 11.4 Å². The van der Waals surface area contributed by atoms with Gasteiger partial charge in [0.25, 0.3) is 5.69 Å². The van der Waals surface area contributed by atoms with E-state index >= 15 is 0 Å². The first-order valence-corrected chi connectivity index (χ1v) is 6.89. The van der Waals surface area contributed by atoms with Crippen molar-refractivity contribution >= 4 is 23.1 Å². The molecular weight excluding hydrogens is 250 g/mol. The SMILES string of the molecule is N#Cc1ccc(NC2CCSCC2)c([N+](=O)[O-])c1. The molecule has 0 aliphatic carbocycles. The number of nitrogens with zero attached hydrogens (tertiary/aromatic N) is 2. The third kappa shape index (κ3) is 2.93. The van der Waals surface area contributed by atoms with Crippen LogP contribution in [0.2, 0.25) is 0 Å². The first-order valence-electron chi connectivity index (χ1n) is 5.73. The summed E-state index contributed by atoms with van der Waals surface area (Å²) in [7, 11) is 0. The molecule has 0 radical (unpaired) electrons. The highest BCUT2D eigenvalue weighted by Crippen LogP contribution is 2.28. The van der Waals surface area contributed by atoms with E-state index in [1.165, 1.54) is 6.07 Å². The van der Waals surface area contributed by atoms with E-state index in [1.807, 2.05) is 17.8 Å². The Morgan fingerprint density at radius 2 is 2.17 bits per heavy atom. The van der Waals surface area contributed by atoms with Crippen molar-refractivity contribution in [3.63, 3.8) is 0 Å². The maximum Gasteiger partial charge on any atom is 0.293 e. The fourth-order valence-electron chi connectivity index (χ4n) is 1.94. The van der Waals surface area contributed by atoms with Crippen LogP contribution in [0.5, 0.6) is 0 Å². The van der Waals surface area contributed by atoms with Crippen LogP contribution in [0, 0.1) is 21.4 Å². The van der Waals surface area contributed by atoms with Crippen LogP contribution in [-0.4, -0.2) is 22.5 Å². The maximum absolute atomic E-state index is 11.0. The molecule has 0 saturated carbocycles. The Balaban J connectivity index is 2.21. The second-order valence-electron chi connectivity index (χ2n) is 4.13. The molecule has 2 rings (SSSR count). The molecule has 1 aliphatic heterocycles. The Morgan fingerprint density at radius 3 is 2.78 bits per heavy atom. The highest BCUT2D eigenvalue weighted by Gasteiger charge is 2.19. The number of thioether (sulfide) groups is 1. The van der Waals surface area contributed by atoms with Crippen molar-refractivity contribution in [1.29, 1.82) is 5.26 Å². The predicted octanol–water partition coefficient (Wildman–Crippen LogP) is 2.77. The maximum atomic E-state index is 11.0. The molecular formula is C12H13N3O2S. The van der Waals surface area contributed by atoms with Crippen molar-refractivity contribution in [3.05, 3.63) is 33.9 Å². The van der Waals surface area contributed by atoms with Gasteiger partial charge in [-0.1, -0.05) is 0 Å². The van der Waals surface area contributed by atoms with Crippen molar-refractivity contribution in [2.24, 2.45) is 0 Å². The molecule has 0 amide bonds. The van der Waals surface area contributed by atoms with E-state index in [4.69, 9.17) is 5.26 Å². The van der Waals surface area contributed by atoms with Gasteiger partial charge < -0.3 is 5.32 Å². The van der Waals surface area contributed by atoms with Gasteiger partial charge in [0.2, 0.25) is 0 Å². The highest BCUT2D eigenvalue weighted by atomic mass is 32.2. The van der Waals surface area contributed by atoms with Crippen molar-refractivity contribution in [3.8, 4) is 6.07 Å². The van der Waals surface area contributed by atoms with Gasteiger partial charge in [0.15, 0.2) is 0 Å². The summed E-state index contributed by atoms with van der Waals surface area (Å²) in [6.07, 6.45) is 2.03. The fourth-order valence-corrected chi connectivity index (χ4v) is 3.04. The summed E-state index contributed by atoms with van der Waals surface area (Å²) in [6.45, 7) is 0. The molecule has 5 nitrogen and oxygen atoms in total. The monoisotopic (exact) mass is 263 g/mol. The molecule has 0 aromatic heterocycles. The van der Waals surface area contributed by atoms with E-state index in [-0.39, 0.29) is 11.7 Å². The molecule has 1 aromatic rings. The van der Waals surface area contributed by atoms with E-state index in [1.54, 1.807) is 12.1 Å². The summed E-state index contributed by atoms with van der Waals surface area (Å²) in [5, 5.41) is 23.0. The zero-order valence-electron chi connectivity index (χ0n) is 9.76. The van der Waals surface area contributed by atoms with Gasteiger partial charge in [-0.3, -0.25) is 10.1 Å². The number of nitrogens with one attached hydrogen (secondary N) is 1. The number of rotatable bonds is 3. The van der Waals surface area contributed by atoms with Crippen LogP contribution >= 0.6 is 11.8 Å². The number of nitriles is 1. The quantitative estimate of drug-likeness (QED) is 0.670. The van der Waals surface area contributed by atoms with Gasteiger partial charge in [0.05, 0.1) is 16.6 Å². The number of hydrogen-bond donors (Lipinski definition) is 1. The number of nitro groups is 1. The normalized spacial score (nSPS) is 15.9. The Morgan fingerprint density at radius 1 is 1.44 bits per heavy atom. The number of benzene rings is 1. The van der Waals surface area contributed by atoms with Crippen molar-refractivity contribution in [2.75, 3.05) is 16.8 Å². The second kappa shape index (κ2) is 5.74. The summed E-state index contributed by atoms with van der Waals surface area (Å²) in [5.74, 6) is 2.17. The highest BCUT2D eigenvalue weighted by molar-refractivity contribution is 7.99. The number of hydrogen-bond acceptors (Lipinski definition) is 5. The predicted molar refractivity (Wildman–Crippen MR) is 71.8 cm³/mol. The van der Waals surface area contributed by atoms with Gasteiger partial charge in [-0.25, -0.2) is 0 Å². The molecule has 18 heavy (non-hydrogen) atoms. The molecule has 6 heteroatoms. The summed E-state index contributed by atoms with van der Waals surface area (Å²) in [4.78, 5) is 10.5. The van der Waals surface area contributed by atoms with E-state index in [0.717, 1.165) is 24.3 Å². The minimum absolute atomic E-state index is 0.0210. The summed E-state index contributed by atoms with van der Waals surface area (Å²) < 4.78 is 0. The zero-order valence-corrected chi connectivity index (χ0v) is 10.6. The Labute approximate surface area is 109 Å². The van der Waals surface area contributed by atoms with Gasteiger partial charge >= 0.3 is 0 Å². The zero-order chi connectivity index (χ0) is 13.0. The molecule has 94 valence electrons. The molecule has 0 spiro atoms. The lowest BCUT2D eigenvalue weighted by molar-refractivity contribution is -0.384. The average Bonchev–Trinajstić information content (AvgIpc) is 2.40. The molecule has 0 bridgehead atoms. The molecule has 0 atom stereocenters. The van der Waals surface area contributed by atoms with Gasteiger partial charge in [0.1, 0.15) is 5.69 Å². The number of anilines is 1. The first kappa shape index (κ1) is 12.7. The van der Waals surface area contributed by atoms with Gasteiger partial charge in [-0.15, -0.1) is 0 Å². The lowest BCUT2D eigenvalue weighted by Crippen LogP contribution is -2.24. The summed E-state index contributed by atoms with van der Waals surface area (Å²) in [6, 6.07) is 6.75. The lowest BCUT2D eigenvalue weighted by Gasteiger charge is -2.23. The topological polar surface area (TPSA) is 79.0 Å². The minimum Gasteiger partial charge on any atom is -0.377 e. The smallest absolute Gasteiger partial charge is 0.293 e. The summed E-state index contributed by atoms with van der Waals surface area (Å²) in [5.41, 5.74) is 0.801. The van der Waals surface area contributed by atoms with Crippen LogP contribution < -0.4 is 5.32 Å². The van der Waals surface area contributed by atoms with Crippen LogP contribution in [0.25, 0.3) is 0 Å². The third-order valence-electron chi connectivity index (χ3n) is 2.90. The second-order valence-corrected chi connectivity index (χ2v) is 5.36. The first-order chi connectivity index (χ1) is 8.70. The molecule has 1 saturated heterocycles. The standard InChI is InChI=1S/C12H13N3O2S/c13-8-9-1-2-11(12(7-9)15(16)17)14-10-3-5-18-6-4-10/h1-2,7,10,14H,3-6H2. The van der Waals surface area contributed by atoms with Crippen LogP contribution in [0.3, 0.4) is 0 Å². The molecule has 1 fully saturated rings. The van der Waals surface area contributed by atoms with Crippen LogP contribution in [-0.2, 0) is 0 Å². The Kier molecular flexibility index (Phi) is 4.05. The van der Waals surface area contributed by atoms with E-state index in [9.17, 15) is 10.1 Å². The van der Waals surface area contributed by atoms with E-state index in [2.05, 4.69) is 5.32 Å². The lowest BCUT2D eigenvalue weighted by atomic mass is 10.1. The van der Waals surface area contributed by atoms with Crippen LogP contribution in [0.1, 0.15) is 18.4 Å².